The molecular weight excluding hydrogens is 230 g/mol. The predicted molar refractivity (Wildman–Crippen MR) is 54.3 cm³/mol. The van der Waals surface area contributed by atoms with Crippen LogP contribution >= 0.6 is 0 Å². The Kier molecular flexibility index (Phi) is 2.78. The van der Waals surface area contributed by atoms with Gasteiger partial charge in [-0.15, -0.1) is 0 Å². The first-order valence-corrected chi connectivity index (χ1v) is 4.59. The van der Waals surface area contributed by atoms with Gasteiger partial charge < -0.3 is 5.11 Å². The second kappa shape index (κ2) is 4.25. The standard InChI is InChI=1S/C11H6F2N2O2/c12-6-1-2-7(8(13)5-6)9-3-4-14-10(15-9)11(16)17/h1-5H,(H,16,17). The summed E-state index contributed by atoms with van der Waals surface area (Å²) in [6.45, 7) is 0. The van der Waals surface area contributed by atoms with Crippen LogP contribution in [-0.2, 0) is 0 Å². The fourth-order valence-electron chi connectivity index (χ4n) is 1.31. The second-order valence-corrected chi connectivity index (χ2v) is 3.19. The van der Waals surface area contributed by atoms with Gasteiger partial charge in [-0.05, 0) is 18.2 Å². The van der Waals surface area contributed by atoms with E-state index in [4.69, 9.17) is 5.11 Å². The first-order valence-electron chi connectivity index (χ1n) is 4.59. The maximum absolute atomic E-state index is 13.4. The van der Waals surface area contributed by atoms with E-state index in [-0.39, 0.29) is 11.3 Å². The molecule has 0 saturated carbocycles. The number of hydrogen-bond acceptors (Lipinski definition) is 3. The van der Waals surface area contributed by atoms with Crippen LogP contribution in [0.25, 0.3) is 11.3 Å². The number of carboxylic acid groups (broad SMARTS) is 1. The molecule has 0 radical (unpaired) electrons. The van der Waals surface area contributed by atoms with Gasteiger partial charge in [-0.3, -0.25) is 0 Å². The fraction of sp³-hybridized carbons (Fsp3) is 0. The predicted octanol–water partition coefficient (Wildman–Crippen LogP) is 2.12. The highest BCUT2D eigenvalue weighted by Gasteiger charge is 2.11. The van der Waals surface area contributed by atoms with Crippen LogP contribution in [0.5, 0.6) is 0 Å². The van der Waals surface area contributed by atoms with Gasteiger partial charge >= 0.3 is 5.97 Å². The third kappa shape index (κ3) is 2.25. The van der Waals surface area contributed by atoms with Crippen molar-refractivity contribution in [2.75, 3.05) is 0 Å². The van der Waals surface area contributed by atoms with Gasteiger partial charge in [0.1, 0.15) is 11.6 Å². The number of aromatic carboxylic acids is 1. The zero-order valence-electron chi connectivity index (χ0n) is 8.39. The third-order valence-electron chi connectivity index (χ3n) is 2.05. The lowest BCUT2D eigenvalue weighted by molar-refractivity contribution is 0.0683. The quantitative estimate of drug-likeness (QED) is 0.867. The molecule has 0 aliphatic rings. The van der Waals surface area contributed by atoms with Crippen molar-refractivity contribution < 1.29 is 18.7 Å². The van der Waals surface area contributed by atoms with E-state index in [9.17, 15) is 13.6 Å². The minimum absolute atomic E-state index is 0.0244. The zero-order chi connectivity index (χ0) is 12.4. The molecular formula is C11H6F2N2O2. The fourth-order valence-corrected chi connectivity index (χ4v) is 1.31. The molecule has 0 aliphatic heterocycles. The first-order chi connectivity index (χ1) is 8.08. The molecule has 4 nitrogen and oxygen atoms in total. The largest absolute Gasteiger partial charge is 0.475 e. The van der Waals surface area contributed by atoms with Crippen LogP contribution in [-0.4, -0.2) is 21.0 Å². The van der Waals surface area contributed by atoms with Crippen molar-refractivity contribution in [2.24, 2.45) is 0 Å². The van der Waals surface area contributed by atoms with Gasteiger partial charge in [0.15, 0.2) is 0 Å². The molecule has 0 saturated heterocycles. The van der Waals surface area contributed by atoms with E-state index in [0.29, 0.717) is 6.07 Å². The van der Waals surface area contributed by atoms with Crippen LogP contribution in [0, 0.1) is 11.6 Å². The van der Waals surface area contributed by atoms with E-state index in [1.807, 2.05) is 0 Å². The number of carboxylic acids is 1. The van der Waals surface area contributed by atoms with Crippen molar-refractivity contribution in [3.05, 3.63) is 47.9 Å². The number of nitrogens with zero attached hydrogens (tertiary/aromatic N) is 2. The molecule has 6 heteroatoms. The minimum atomic E-state index is -1.31. The Balaban J connectivity index is 2.53. The van der Waals surface area contributed by atoms with Crippen LogP contribution < -0.4 is 0 Å². The number of benzene rings is 1. The average Bonchev–Trinajstić information content (AvgIpc) is 2.29. The van der Waals surface area contributed by atoms with Crippen LogP contribution in [0.2, 0.25) is 0 Å². The number of carbonyl (C=O) groups is 1. The van der Waals surface area contributed by atoms with Gasteiger partial charge in [0, 0.05) is 17.8 Å². The molecule has 0 bridgehead atoms. The summed E-state index contributed by atoms with van der Waals surface area (Å²) in [5.74, 6) is -3.26. The molecule has 1 heterocycles. The van der Waals surface area contributed by atoms with Crippen LogP contribution in [0.1, 0.15) is 10.6 Å². The Morgan fingerprint density at radius 3 is 2.65 bits per heavy atom. The third-order valence-corrected chi connectivity index (χ3v) is 2.05. The van der Waals surface area contributed by atoms with Gasteiger partial charge in [0.05, 0.1) is 5.69 Å². The Morgan fingerprint density at radius 2 is 2.00 bits per heavy atom. The van der Waals surface area contributed by atoms with Crippen molar-refractivity contribution >= 4 is 5.97 Å². The van der Waals surface area contributed by atoms with Crippen molar-refractivity contribution in [1.29, 1.82) is 0 Å². The van der Waals surface area contributed by atoms with E-state index < -0.39 is 23.4 Å². The van der Waals surface area contributed by atoms with Crippen molar-refractivity contribution in [3.8, 4) is 11.3 Å². The molecule has 1 aromatic heterocycles. The Labute approximate surface area is 94.6 Å². The Morgan fingerprint density at radius 1 is 1.24 bits per heavy atom. The van der Waals surface area contributed by atoms with Gasteiger partial charge in [0.25, 0.3) is 0 Å². The number of rotatable bonds is 2. The smallest absolute Gasteiger partial charge is 0.373 e. The van der Waals surface area contributed by atoms with Crippen LogP contribution in [0.3, 0.4) is 0 Å². The minimum Gasteiger partial charge on any atom is -0.475 e. The maximum Gasteiger partial charge on any atom is 0.373 e. The van der Waals surface area contributed by atoms with E-state index in [1.165, 1.54) is 18.3 Å². The molecule has 0 unspecified atom stereocenters. The highest BCUT2D eigenvalue weighted by atomic mass is 19.1. The van der Waals surface area contributed by atoms with E-state index in [2.05, 4.69) is 9.97 Å². The number of aromatic nitrogens is 2. The summed E-state index contributed by atoms with van der Waals surface area (Å²) < 4.78 is 26.1. The molecule has 0 aliphatic carbocycles. The molecule has 2 aromatic rings. The molecule has 0 fully saturated rings. The summed E-state index contributed by atoms with van der Waals surface area (Å²) in [4.78, 5) is 17.8. The highest BCUT2D eigenvalue weighted by molar-refractivity contribution is 5.83. The van der Waals surface area contributed by atoms with Gasteiger partial charge in [0.2, 0.25) is 5.82 Å². The summed E-state index contributed by atoms with van der Waals surface area (Å²) in [7, 11) is 0. The molecule has 2 rings (SSSR count). The molecule has 86 valence electrons. The zero-order valence-corrected chi connectivity index (χ0v) is 8.39. The summed E-state index contributed by atoms with van der Waals surface area (Å²) in [5, 5.41) is 8.69. The Hall–Kier alpha value is -2.37. The number of hydrogen-bond donors (Lipinski definition) is 1. The van der Waals surface area contributed by atoms with Crippen molar-refractivity contribution in [3.63, 3.8) is 0 Å². The lowest BCUT2D eigenvalue weighted by atomic mass is 10.1. The average molecular weight is 236 g/mol. The SMILES string of the molecule is O=C(O)c1nccc(-c2ccc(F)cc2F)n1. The summed E-state index contributed by atoms with van der Waals surface area (Å²) >= 11 is 0. The van der Waals surface area contributed by atoms with E-state index >= 15 is 0 Å². The van der Waals surface area contributed by atoms with Crippen LogP contribution in [0.4, 0.5) is 8.78 Å². The molecule has 1 aromatic carbocycles. The monoisotopic (exact) mass is 236 g/mol. The molecule has 0 atom stereocenters. The van der Waals surface area contributed by atoms with E-state index in [0.717, 1.165) is 6.07 Å². The van der Waals surface area contributed by atoms with Gasteiger partial charge in [-0.1, -0.05) is 0 Å². The molecule has 0 amide bonds. The summed E-state index contributed by atoms with van der Waals surface area (Å²) in [5.41, 5.74) is 0.117. The van der Waals surface area contributed by atoms with E-state index in [1.54, 1.807) is 0 Å². The van der Waals surface area contributed by atoms with Gasteiger partial charge in [-0.2, -0.15) is 0 Å². The second-order valence-electron chi connectivity index (χ2n) is 3.19. The van der Waals surface area contributed by atoms with Crippen molar-refractivity contribution in [1.82, 2.24) is 9.97 Å². The molecule has 0 spiro atoms. The lowest BCUT2D eigenvalue weighted by Gasteiger charge is -2.03. The van der Waals surface area contributed by atoms with Crippen LogP contribution in [0.15, 0.2) is 30.5 Å². The van der Waals surface area contributed by atoms with Crippen molar-refractivity contribution in [2.45, 2.75) is 0 Å². The number of halogens is 2. The lowest BCUT2D eigenvalue weighted by Crippen LogP contribution is -2.04. The topological polar surface area (TPSA) is 63.1 Å². The molecule has 17 heavy (non-hydrogen) atoms. The summed E-state index contributed by atoms with van der Waals surface area (Å²) in [6.07, 6.45) is 1.20. The maximum atomic E-state index is 13.4. The normalized spacial score (nSPS) is 10.2. The molecule has 1 N–H and O–H groups in total. The highest BCUT2D eigenvalue weighted by Crippen LogP contribution is 2.21. The van der Waals surface area contributed by atoms with Gasteiger partial charge in [-0.25, -0.2) is 23.5 Å². The first kappa shape index (κ1) is 11.1. The Bertz CT molecular complexity index is 587. The summed E-state index contributed by atoms with van der Waals surface area (Å²) in [6, 6.07) is 4.32.